The number of methoxy groups -OCH3 is 1. The average Bonchev–Trinajstić information content (AvgIpc) is 2.29. The zero-order valence-corrected chi connectivity index (χ0v) is 8.77. The van der Waals surface area contributed by atoms with Gasteiger partial charge in [-0.3, -0.25) is 4.98 Å². The van der Waals surface area contributed by atoms with Crippen LogP contribution in [0.2, 0.25) is 0 Å². The molecule has 0 aliphatic carbocycles. The van der Waals surface area contributed by atoms with Gasteiger partial charge in [0.2, 0.25) is 0 Å². The SMILES string of the molecule is COc1cccc(-c2cc(N)ccn2)c1F. The zero-order valence-electron chi connectivity index (χ0n) is 8.77. The summed E-state index contributed by atoms with van der Waals surface area (Å²) in [5, 5.41) is 0. The summed E-state index contributed by atoms with van der Waals surface area (Å²) < 4.78 is 18.8. The van der Waals surface area contributed by atoms with E-state index >= 15 is 0 Å². The summed E-state index contributed by atoms with van der Waals surface area (Å²) in [6.45, 7) is 0. The third-order valence-corrected chi connectivity index (χ3v) is 2.24. The van der Waals surface area contributed by atoms with E-state index in [0.29, 0.717) is 16.9 Å². The van der Waals surface area contributed by atoms with Crippen LogP contribution in [-0.2, 0) is 0 Å². The molecule has 0 radical (unpaired) electrons. The highest BCUT2D eigenvalue weighted by Gasteiger charge is 2.10. The number of nitrogens with zero attached hydrogens (tertiary/aromatic N) is 1. The Morgan fingerprint density at radius 3 is 2.81 bits per heavy atom. The van der Waals surface area contributed by atoms with E-state index in [9.17, 15) is 4.39 Å². The van der Waals surface area contributed by atoms with Crippen LogP contribution in [0.5, 0.6) is 5.75 Å². The quantitative estimate of drug-likeness (QED) is 0.842. The van der Waals surface area contributed by atoms with Crippen LogP contribution >= 0.6 is 0 Å². The summed E-state index contributed by atoms with van der Waals surface area (Å²) in [5.41, 5.74) is 7.05. The van der Waals surface area contributed by atoms with Crippen molar-refractivity contribution < 1.29 is 9.13 Å². The molecule has 0 spiro atoms. The number of aromatic nitrogens is 1. The lowest BCUT2D eigenvalue weighted by molar-refractivity contribution is 0.387. The Balaban J connectivity index is 2.56. The fourth-order valence-corrected chi connectivity index (χ4v) is 1.46. The van der Waals surface area contributed by atoms with E-state index in [4.69, 9.17) is 10.5 Å². The second-order valence-corrected chi connectivity index (χ2v) is 3.30. The molecule has 16 heavy (non-hydrogen) atoms. The molecular formula is C12H11FN2O. The number of benzene rings is 1. The Kier molecular flexibility index (Phi) is 2.72. The van der Waals surface area contributed by atoms with Gasteiger partial charge in [-0.15, -0.1) is 0 Å². The molecule has 4 heteroatoms. The summed E-state index contributed by atoms with van der Waals surface area (Å²) in [7, 11) is 1.43. The highest BCUT2D eigenvalue weighted by Crippen LogP contribution is 2.28. The van der Waals surface area contributed by atoms with Crippen molar-refractivity contribution in [3.8, 4) is 17.0 Å². The second-order valence-electron chi connectivity index (χ2n) is 3.30. The van der Waals surface area contributed by atoms with Gasteiger partial charge in [0, 0.05) is 17.4 Å². The van der Waals surface area contributed by atoms with Gasteiger partial charge in [-0.1, -0.05) is 6.07 Å². The van der Waals surface area contributed by atoms with Crippen molar-refractivity contribution in [1.29, 1.82) is 0 Å². The molecule has 1 aromatic heterocycles. The Morgan fingerprint density at radius 2 is 2.12 bits per heavy atom. The number of ether oxygens (including phenoxy) is 1. The van der Waals surface area contributed by atoms with E-state index in [-0.39, 0.29) is 5.75 Å². The third kappa shape index (κ3) is 1.82. The van der Waals surface area contributed by atoms with Gasteiger partial charge in [-0.05, 0) is 24.3 Å². The van der Waals surface area contributed by atoms with Gasteiger partial charge in [-0.25, -0.2) is 4.39 Å². The minimum atomic E-state index is -0.428. The van der Waals surface area contributed by atoms with E-state index in [0.717, 1.165) is 0 Å². The fraction of sp³-hybridized carbons (Fsp3) is 0.0833. The van der Waals surface area contributed by atoms with Crippen LogP contribution in [-0.4, -0.2) is 12.1 Å². The number of anilines is 1. The second kappa shape index (κ2) is 4.18. The molecule has 3 nitrogen and oxygen atoms in total. The molecule has 0 atom stereocenters. The highest BCUT2D eigenvalue weighted by atomic mass is 19.1. The number of nitrogen functional groups attached to an aromatic ring is 1. The number of pyridine rings is 1. The van der Waals surface area contributed by atoms with Crippen molar-refractivity contribution in [3.63, 3.8) is 0 Å². The van der Waals surface area contributed by atoms with E-state index < -0.39 is 5.82 Å². The minimum absolute atomic E-state index is 0.196. The van der Waals surface area contributed by atoms with Gasteiger partial charge in [0.1, 0.15) is 0 Å². The highest BCUT2D eigenvalue weighted by molar-refractivity contribution is 5.65. The predicted octanol–water partition coefficient (Wildman–Crippen LogP) is 2.48. The summed E-state index contributed by atoms with van der Waals surface area (Å²) in [4.78, 5) is 4.07. The van der Waals surface area contributed by atoms with Crippen molar-refractivity contribution in [2.45, 2.75) is 0 Å². The molecule has 2 rings (SSSR count). The summed E-state index contributed by atoms with van der Waals surface area (Å²) in [6, 6.07) is 8.19. The van der Waals surface area contributed by atoms with Gasteiger partial charge in [0.15, 0.2) is 11.6 Å². The average molecular weight is 218 g/mol. The van der Waals surface area contributed by atoms with Gasteiger partial charge >= 0.3 is 0 Å². The van der Waals surface area contributed by atoms with Gasteiger partial charge in [-0.2, -0.15) is 0 Å². The first-order chi connectivity index (χ1) is 7.72. The molecule has 82 valence electrons. The molecule has 0 bridgehead atoms. The molecule has 1 aromatic carbocycles. The predicted molar refractivity (Wildman–Crippen MR) is 60.6 cm³/mol. The van der Waals surface area contributed by atoms with Crippen LogP contribution in [0.25, 0.3) is 11.3 Å². The van der Waals surface area contributed by atoms with Crippen molar-refractivity contribution >= 4 is 5.69 Å². The van der Waals surface area contributed by atoms with Crippen LogP contribution < -0.4 is 10.5 Å². The van der Waals surface area contributed by atoms with E-state index in [1.807, 2.05) is 0 Å². The van der Waals surface area contributed by atoms with E-state index in [2.05, 4.69) is 4.98 Å². The molecule has 1 heterocycles. The number of nitrogens with two attached hydrogens (primary N) is 1. The molecule has 0 unspecified atom stereocenters. The zero-order chi connectivity index (χ0) is 11.5. The molecular weight excluding hydrogens is 207 g/mol. The molecule has 0 aliphatic heterocycles. The van der Waals surface area contributed by atoms with Crippen molar-refractivity contribution in [3.05, 3.63) is 42.3 Å². The number of hydrogen-bond acceptors (Lipinski definition) is 3. The van der Waals surface area contributed by atoms with E-state index in [1.54, 1.807) is 36.5 Å². The van der Waals surface area contributed by atoms with Crippen LogP contribution in [0, 0.1) is 5.82 Å². The lowest BCUT2D eigenvalue weighted by Gasteiger charge is -2.07. The fourth-order valence-electron chi connectivity index (χ4n) is 1.46. The third-order valence-electron chi connectivity index (χ3n) is 2.24. The van der Waals surface area contributed by atoms with E-state index in [1.165, 1.54) is 7.11 Å². The largest absolute Gasteiger partial charge is 0.494 e. The summed E-state index contributed by atoms with van der Waals surface area (Å²) in [6.07, 6.45) is 1.55. The molecule has 0 aliphatic rings. The lowest BCUT2D eigenvalue weighted by atomic mass is 10.1. The van der Waals surface area contributed by atoms with Crippen LogP contribution in [0.3, 0.4) is 0 Å². The first-order valence-electron chi connectivity index (χ1n) is 4.77. The van der Waals surface area contributed by atoms with Crippen molar-refractivity contribution in [2.75, 3.05) is 12.8 Å². The monoisotopic (exact) mass is 218 g/mol. The molecule has 0 amide bonds. The maximum atomic E-state index is 13.9. The molecule has 2 N–H and O–H groups in total. The maximum Gasteiger partial charge on any atom is 0.174 e. The smallest absolute Gasteiger partial charge is 0.174 e. The number of hydrogen-bond donors (Lipinski definition) is 1. The van der Waals surface area contributed by atoms with Crippen molar-refractivity contribution in [1.82, 2.24) is 4.98 Å². The standard InChI is InChI=1S/C12H11FN2O/c1-16-11-4-2-3-9(12(11)13)10-7-8(14)5-6-15-10/h2-7H,1H3,(H2,14,15). The molecule has 2 aromatic rings. The normalized spacial score (nSPS) is 10.1. The van der Waals surface area contributed by atoms with Gasteiger partial charge < -0.3 is 10.5 Å². The minimum Gasteiger partial charge on any atom is -0.494 e. The molecule has 0 saturated heterocycles. The lowest BCUT2D eigenvalue weighted by Crippen LogP contribution is -1.94. The Labute approximate surface area is 92.7 Å². The van der Waals surface area contributed by atoms with Crippen LogP contribution in [0.15, 0.2) is 36.5 Å². The summed E-state index contributed by atoms with van der Waals surface area (Å²) in [5.74, 6) is -0.232. The molecule has 0 fully saturated rings. The summed E-state index contributed by atoms with van der Waals surface area (Å²) >= 11 is 0. The Bertz CT molecular complexity index is 514. The van der Waals surface area contributed by atoms with Crippen LogP contribution in [0.4, 0.5) is 10.1 Å². The topological polar surface area (TPSA) is 48.1 Å². The number of halogens is 1. The maximum absolute atomic E-state index is 13.9. The van der Waals surface area contributed by atoms with Gasteiger partial charge in [0.25, 0.3) is 0 Å². The van der Waals surface area contributed by atoms with Crippen molar-refractivity contribution in [2.24, 2.45) is 0 Å². The molecule has 0 saturated carbocycles. The first-order valence-corrected chi connectivity index (χ1v) is 4.77. The van der Waals surface area contributed by atoms with Crippen LogP contribution in [0.1, 0.15) is 0 Å². The number of rotatable bonds is 2. The first kappa shape index (κ1) is 10.4. The Hall–Kier alpha value is -2.10. The Morgan fingerprint density at radius 1 is 1.31 bits per heavy atom. The van der Waals surface area contributed by atoms with Gasteiger partial charge in [0.05, 0.1) is 12.8 Å².